The third-order valence-corrected chi connectivity index (χ3v) is 3.16. The minimum atomic E-state index is -0.207. The number of halogens is 1. The minimum absolute atomic E-state index is 0.207. The average molecular weight is 291 g/mol. The molecule has 2 rings (SSSR count). The molecule has 1 heterocycles. The van der Waals surface area contributed by atoms with Crippen LogP contribution in [0.25, 0.3) is 0 Å². The number of nitrogens with one attached hydrogen (secondary N) is 2. The van der Waals surface area contributed by atoms with Crippen LogP contribution in [0, 0.1) is 10.5 Å². The molecule has 20 heavy (non-hydrogen) atoms. The van der Waals surface area contributed by atoms with Crippen molar-refractivity contribution < 1.29 is 4.39 Å². The Bertz CT molecular complexity index is 620. The lowest BCUT2D eigenvalue weighted by Crippen LogP contribution is -2.08. The molecule has 0 aliphatic rings. The van der Waals surface area contributed by atoms with Crippen LogP contribution in [0.5, 0.6) is 0 Å². The zero-order valence-corrected chi connectivity index (χ0v) is 12.4. The number of aromatic amines is 1. The molecule has 0 bridgehead atoms. The van der Waals surface area contributed by atoms with Gasteiger partial charge in [-0.3, -0.25) is 0 Å². The first-order valence-electron chi connectivity index (χ1n) is 6.64. The summed E-state index contributed by atoms with van der Waals surface area (Å²) in [5, 5.41) is 3.29. The SMILES string of the molecule is CC(C)c1nc(=S)cc(NCCc2ccc(F)cc2)[nH]1. The Labute approximate surface area is 123 Å². The zero-order valence-electron chi connectivity index (χ0n) is 11.6. The van der Waals surface area contributed by atoms with Crippen LogP contribution in [0.4, 0.5) is 10.2 Å². The molecule has 0 atom stereocenters. The number of aromatic nitrogens is 2. The monoisotopic (exact) mass is 291 g/mol. The predicted molar refractivity (Wildman–Crippen MR) is 82.1 cm³/mol. The molecular weight excluding hydrogens is 273 g/mol. The van der Waals surface area contributed by atoms with E-state index in [1.807, 2.05) is 6.07 Å². The summed E-state index contributed by atoms with van der Waals surface area (Å²) in [6.45, 7) is 4.88. The smallest absolute Gasteiger partial charge is 0.131 e. The molecule has 5 heteroatoms. The van der Waals surface area contributed by atoms with Gasteiger partial charge in [-0.15, -0.1) is 0 Å². The Kier molecular flexibility index (Phi) is 4.84. The van der Waals surface area contributed by atoms with Crippen molar-refractivity contribution in [1.29, 1.82) is 0 Å². The van der Waals surface area contributed by atoms with Crippen LogP contribution in [0.3, 0.4) is 0 Å². The fourth-order valence-electron chi connectivity index (χ4n) is 1.84. The van der Waals surface area contributed by atoms with Crippen molar-refractivity contribution in [2.45, 2.75) is 26.2 Å². The lowest BCUT2D eigenvalue weighted by Gasteiger charge is -2.10. The topological polar surface area (TPSA) is 40.7 Å². The van der Waals surface area contributed by atoms with Crippen LogP contribution in [-0.2, 0) is 6.42 Å². The number of hydrogen-bond acceptors (Lipinski definition) is 3. The van der Waals surface area contributed by atoms with Gasteiger partial charge in [-0.2, -0.15) is 0 Å². The molecule has 0 amide bonds. The first-order chi connectivity index (χ1) is 9.54. The fourth-order valence-corrected chi connectivity index (χ4v) is 2.05. The van der Waals surface area contributed by atoms with Crippen LogP contribution in [-0.4, -0.2) is 16.5 Å². The van der Waals surface area contributed by atoms with Gasteiger partial charge in [0.15, 0.2) is 0 Å². The summed E-state index contributed by atoms with van der Waals surface area (Å²) in [7, 11) is 0. The minimum Gasteiger partial charge on any atom is -0.371 e. The lowest BCUT2D eigenvalue weighted by molar-refractivity contribution is 0.627. The molecular formula is C15H18FN3S. The van der Waals surface area contributed by atoms with Crippen molar-refractivity contribution in [1.82, 2.24) is 9.97 Å². The molecule has 0 spiro atoms. The number of nitrogens with zero attached hydrogens (tertiary/aromatic N) is 1. The van der Waals surface area contributed by atoms with Gasteiger partial charge < -0.3 is 10.3 Å². The van der Waals surface area contributed by atoms with E-state index < -0.39 is 0 Å². The summed E-state index contributed by atoms with van der Waals surface area (Å²) in [4.78, 5) is 7.52. The second-order valence-corrected chi connectivity index (χ2v) is 5.39. The van der Waals surface area contributed by atoms with E-state index in [0.29, 0.717) is 10.6 Å². The lowest BCUT2D eigenvalue weighted by atomic mass is 10.1. The van der Waals surface area contributed by atoms with Crippen molar-refractivity contribution in [2.75, 3.05) is 11.9 Å². The maximum absolute atomic E-state index is 12.8. The molecule has 0 unspecified atom stereocenters. The van der Waals surface area contributed by atoms with Gasteiger partial charge >= 0.3 is 0 Å². The highest BCUT2D eigenvalue weighted by Crippen LogP contribution is 2.12. The summed E-state index contributed by atoms with van der Waals surface area (Å²) in [5.74, 6) is 1.84. The first kappa shape index (κ1) is 14.7. The molecule has 2 N–H and O–H groups in total. The number of anilines is 1. The van der Waals surface area contributed by atoms with E-state index in [0.717, 1.165) is 30.2 Å². The van der Waals surface area contributed by atoms with Crippen LogP contribution >= 0.6 is 12.2 Å². The second-order valence-electron chi connectivity index (χ2n) is 4.98. The van der Waals surface area contributed by atoms with E-state index in [1.165, 1.54) is 12.1 Å². The van der Waals surface area contributed by atoms with E-state index in [1.54, 1.807) is 12.1 Å². The maximum atomic E-state index is 12.8. The number of H-pyrrole nitrogens is 1. The maximum Gasteiger partial charge on any atom is 0.131 e. The molecule has 0 aliphatic carbocycles. The van der Waals surface area contributed by atoms with Gasteiger partial charge in [0.05, 0.1) is 0 Å². The Morgan fingerprint density at radius 1 is 1.30 bits per heavy atom. The Morgan fingerprint density at radius 2 is 2.00 bits per heavy atom. The van der Waals surface area contributed by atoms with Gasteiger partial charge in [0.1, 0.15) is 22.1 Å². The summed E-state index contributed by atoms with van der Waals surface area (Å²) in [6.07, 6.45) is 0.820. The molecule has 3 nitrogen and oxygen atoms in total. The predicted octanol–water partition coefficient (Wildman–Crippen LogP) is 4.06. The average Bonchev–Trinajstić information content (AvgIpc) is 2.40. The Morgan fingerprint density at radius 3 is 2.65 bits per heavy atom. The van der Waals surface area contributed by atoms with Crippen LogP contribution in [0.15, 0.2) is 30.3 Å². The van der Waals surface area contributed by atoms with E-state index >= 15 is 0 Å². The number of hydrogen-bond donors (Lipinski definition) is 2. The summed E-state index contributed by atoms with van der Waals surface area (Å²) in [6, 6.07) is 8.36. The largest absolute Gasteiger partial charge is 0.371 e. The van der Waals surface area contributed by atoms with Crippen LogP contribution in [0.2, 0.25) is 0 Å². The summed E-state index contributed by atoms with van der Waals surface area (Å²) in [5.41, 5.74) is 1.09. The van der Waals surface area contributed by atoms with E-state index in [2.05, 4.69) is 29.1 Å². The normalized spacial score (nSPS) is 10.8. The second kappa shape index (κ2) is 6.61. The van der Waals surface area contributed by atoms with Gasteiger partial charge in [-0.05, 0) is 24.1 Å². The van der Waals surface area contributed by atoms with Gasteiger partial charge in [0.25, 0.3) is 0 Å². The van der Waals surface area contributed by atoms with E-state index in [-0.39, 0.29) is 5.82 Å². The summed E-state index contributed by atoms with van der Waals surface area (Å²) >= 11 is 5.15. The van der Waals surface area contributed by atoms with Crippen molar-refractivity contribution in [3.8, 4) is 0 Å². The Balaban J connectivity index is 1.97. The van der Waals surface area contributed by atoms with E-state index in [9.17, 15) is 4.39 Å². The number of rotatable bonds is 5. The molecule has 106 valence electrons. The quantitative estimate of drug-likeness (QED) is 0.816. The fraction of sp³-hybridized carbons (Fsp3) is 0.333. The van der Waals surface area contributed by atoms with Crippen molar-refractivity contribution in [2.24, 2.45) is 0 Å². The number of benzene rings is 1. The Hall–Kier alpha value is -1.75. The molecule has 2 aromatic rings. The molecule has 1 aromatic heterocycles. The highest BCUT2D eigenvalue weighted by atomic mass is 32.1. The third-order valence-electron chi connectivity index (χ3n) is 2.95. The standard InChI is InChI=1S/C15H18FN3S/c1-10(2)15-18-13(9-14(20)19-15)17-8-7-11-3-5-12(16)6-4-11/h3-6,9-10H,7-8H2,1-2H3,(H2,17,18,19,20). The highest BCUT2D eigenvalue weighted by molar-refractivity contribution is 7.71. The summed E-state index contributed by atoms with van der Waals surface area (Å²) < 4.78 is 13.4. The molecule has 0 saturated heterocycles. The van der Waals surface area contributed by atoms with Gasteiger partial charge in [0.2, 0.25) is 0 Å². The van der Waals surface area contributed by atoms with Crippen LogP contribution in [0.1, 0.15) is 31.2 Å². The zero-order chi connectivity index (χ0) is 14.5. The van der Waals surface area contributed by atoms with Crippen molar-refractivity contribution >= 4 is 18.0 Å². The molecule has 0 aliphatic heterocycles. The van der Waals surface area contributed by atoms with Gasteiger partial charge in [0, 0.05) is 18.5 Å². The van der Waals surface area contributed by atoms with Gasteiger partial charge in [-0.1, -0.05) is 38.2 Å². The molecule has 0 saturated carbocycles. The highest BCUT2D eigenvalue weighted by Gasteiger charge is 2.03. The van der Waals surface area contributed by atoms with Crippen molar-refractivity contribution in [3.05, 3.63) is 52.2 Å². The molecule has 0 fully saturated rings. The third kappa shape index (κ3) is 4.13. The molecule has 0 radical (unpaired) electrons. The van der Waals surface area contributed by atoms with Crippen molar-refractivity contribution in [3.63, 3.8) is 0 Å². The van der Waals surface area contributed by atoms with Gasteiger partial charge in [-0.25, -0.2) is 9.37 Å². The first-order valence-corrected chi connectivity index (χ1v) is 7.05. The van der Waals surface area contributed by atoms with Crippen LogP contribution < -0.4 is 5.32 Å². The van der Waals surface area contributed by atoms with E-state index in [4.69, 9.17) is 12.2 Å². The molecule has 1 aromatic carbocycles.